The maximum absolute atomic E-state index is 13.2. The van der Waals surface area contributed by atoms with E-state index >= 15 is 0 Å². The fraction of sp³-hybridized carbons (Fsp3) is 0.333. The summed E-state index contributed by atoms with van der Waals surface area (Å²) in [4.78, 5) is 29.7. The Bertz CT molecular complexity index is 865. The van der Waals surface area contributed by atoms with E-state index < -0.39 is 0 Å². The number of hydrogen-bond donors (Lipinski definition) is 1. The van der Waals surface area contributed by atoms with Crippen LogP contribution in [-0.2, 0) is 4.79 Å². The number of anilines is 1. The second-order valence-electron chi connectivity index (χ2n) is 7.84. The van der Waals surface area contributed by atoms with Gasteiger partial charge in [0, 0.05) is 38.4 Å². The third kappa shape index (κ3) is 5.47. The lowest BCUT2D eigenvalue weighted by atomic mass is 9.99. The van der Waals surface area contributed by atoms with Crippen molar-refractivity contribution in [1.82, 2.24) is 10.2 Å². The van der Waals surface area contributed by atoms with Crippen LogP contribution in [0.15, 0.2) is 60.3 Å². The van der Waals surface area contributed by atoms with E-state index in [1.54, 1.807) is 18.2 Å². The van der Waals surface area contributed by atoms with Crippen LogP contribution in [0.3, 0.4) is 0 Å². The van der Waals surface area contributed by atoms with Crippen LogP contribution in [-0.4, -0.2) is 43.9 Å². The fourth-order valence-corrected chi connectivity index (χ4v) is 3.35. The number of hydrogen-bond acceptors (Lipinski definition) is 3. The first kappa shape index (κ1) is 20.6. The molecular weight excluding hydrogens is 362 g/mol. The first-order chi connectivity index (χ1) is 13.9. The maximum Gasteiger partial charge on any atom is 0.270 e. The third-order valence-corrected chi connectivity index (χ3v) is 5.31. The van der Waals surface area contributed by atoms with Crippen molar-refractivity contribution in [1.29, 1.82) is 0 Å². The van der Waals surface area contributed by atoms with Crippen LogP contribution in [0.4, 0.5) is 5.69 Å². The van der Waals surface area contributed by atoms with E-state index in [0.717, 1.165) is 37.2 Å². The normalized spacial score (nSPS) is 15.1. The summed E-state index contributed by atoms with van der Waals surface area (Å²) in [5, 5.41) is 2.85. The zero-order valence-corrected chi connectivity index (χ0v) is 17.4. The molecule has 1 heterocycles. The van der Waals surface area contributed by atoms with E-state index in [0.29, 0.717) is 17.2 Å². The number of rotatable bonds is 5. The van der Waals surface area contributed by atoms with Crippen molar-refractivity contribution in [2.75, 3.05) is 32.1 Å². The Morgan fingerprint density at radius 2 is 1.62 bits per heavy atom. The van der Waals surface area contributed by atoms with Gasteiger partial charge in [0.2, 0.25) is 0 Å². The summed E-state index contributed by atoms with van der Waals surface area (Å²) in [6, 6.07) is 16.9. The van der Waals surface area contributed by atoms with Crippen LogP contribution in [0.1, 0.15) is 35.7 Å². The smallest absolute Gasteiger partial charge is 0.270 e. The van der Waals surface area contributed by atoms with Gasteiger partial charge >= 0.3 is 0 Å². The summed E-state index contributed by atoms with van der Waals surface area (Å²) >= 11 is 0. The van der Waals surface area contributed by atoms with Crippen molar-refractivity contribution in [3.8, 4) is 0 Å². The van der Waals surface area contributed by atoms with Gasteiger partial charge in [-0.1, -0.05) is 37.3 Å². The van der Waals surface area contributed by atoms with Gasteiger partial charge in [-0.05, 0) is 54.7 Å². The zero-order valence-electron chi connectivity index (χ0n) is 17.4. The molecule has 1 saturated heterocycles. The molecule has 1 N–H and O–H groups in total. The van der Waals surface area contributed by atoms with Gasteiger partial charge in [-0.3, -0.25) is 9.59 Å². The first-order valence-corrected chi connectivity index (χ1v) is 10.1. The van der Waals surface area contributed by atoms with Crippen LogP contribution < -0.4 is 10.2 Å². The molecule has 1 aliphatic rings. The van der Waals surface area contributed by atoms with Crippen molar-refractivity contribution in [3.05, 3.63) is 71.4 Å². The molecule has 5 nitrogen and oxygen atoms in total. The number of carbonyl (C=O) groups is 2. The number of carbonyl (C=O) groups excluding carboxylic acids is 2. The number of amides is 2. The molecule has 2 aromatic rings. The van der Waals surface area contributed by atoms with Gasteiger partial charge in [-0.15, -0.1) is 0 Å². The highest BCUT2D eigenvalue weighted by molar-refractivity contribution is 6.05. The second kappa shape index (κ2) is 9.41. The molecule has 1 aliphatic heterocycles. The van der Waals surface area contributed by atoms with Crippen LogP contribution in [0.25, 0.3) is 6.08 Å². The summed E-state index contributed by atoms with van der Waals surface area (Å²) in [6.45, 7) is 3.65. The molecule has 2 amide bonds. The predicted molar refractivity (Wildman–Crippen MR) is 118 cm³/mol. The van der Waals surface area contributed by atoms with Crippen molar-refractivity contribution in [2.24, 2.45) is 5.92 Å². The van der Waals surface area contributed by atoms with Crippen molar-refractivity contribution in [3.63, 3.8) is 0 Å². The minimum atomic E-state index is -0.277. The van der Waals surface area contributed by atoms with Crippen molar-refractivity contribution >= 4 is 23.6 Å². The van der Waals surface area contributed by atoms with Gasteiger partial charge in [0.05, 0.1) is 0 Å². The topological polar surface area (TPSA) is 52.7 Å². The van der Waals surface area contributed by atoms with E-state index in [2.05, 4.69) is 12.2 Å². The molecule has 0 aromatic heterocycles. The van der Waals surface area contributed by atoms with Crippen LogP contribution in [0, 0.1) is 5.92 Å². The van der Waals surface area contributed by atoms with E-state index in [4.69, 9.17) is 0 Å². The second-order valence-corrected chi connectivity index (χ2v) is 7.84. The minimum Gasteiger partial charge on any atom is -0.378 e. The molecule has 3 rings (SSSR count). The minimum absolute atomic E-state index is 0.127. The highest BCUT2D eigenvalue weighted by atomic mass is 16.2. The molecule has 0 aliphatic carbocycles. The monoisotopic (exact) mass is 391 g/mol. The quantitative estimate of drug-likeness (QED) is 0.789. The summed E-state index contributed by atoms with van der Waals surface area (Å²) in [7, 11) is 3.97. The number of nitrogens with zero attached hydrogens (tertiary/aromatic N) is 2. The van der Waals surface area contributed by atoms with Gasteiger partial charge in [-0.2, -0.15) is 0 Å². The summed E-state index contributed by atoms with van der Waals surface area (Å²) < 4.78 is 0. The molecule has 5 heteroatoms. The summed E-state index contributed by atoms with van der Waals surface area (Å²) in [6.07, 6.45) is 3.74. The number of likely N-dealkylation sites (tertiary alicyclic amines) is 1. The average molecular weight is 392 g/mol. The Morgan fingerprint density at radius 3 is 2.21 bits per heavy atom. The predicted octanol–water partition coefficient (Wildman–Crippen LogP) is 3.78. The van der Waals surface area contributed by atoms with Crippen LogP contribution in [0.2, 0.25) is 0 Å². The first-order valence-electron chi connectivity index (χ1n) is 10.1. The highest BCUT2D eigenvalue weighted by Crippen LogP contribution is 2.19. The summed E-state index contributed by atoms with van der Waals surface area (Å²) in [5.74, 6) is 0.224. The van der Waals surface area contributed by atoms with E-state index in [-0.39, 0.29) is 11.8 Å². The molecule has 152 valence electrons. The van der Waals surface area contributed by atoms with E-state index in [1.807, 2.05) is 66.4 Å². The lowest BCUT2D eigenvalue weighted by molar-refractivity contribution is -0.128. The van der Waals surface area contributed by atoms with E-state index in [9.17, 15) is 9.59 Å². The molecule has 0 saturated carbocycles. The summed E-state index contributed by atoms with van der Waals surface area (Å²) in [5.41, 5.74) is 2.79. The Balaban J connectivity index is 1.86. The molecule has 0 bridgehead atoms. The molecule has 0 spiro atoms. The molecule has 0 atom stereocenters. The zero-order chi connectivity index (χ0) is 20.8. The lowest BCUT2D eigenvalue weighted by Gasteiger charge is -2.31. The highest BCUT2D eigenvalue weighted by Gasteiger charge is 2.24. The Hall–Kier alpha value is -3.08. The number of piperidine rings is 1. The SMILES string of the molecule is CC1CCN(C(=O)C(=Cc2ccc(N(C)C)cc2)NC(=O)c2ccccc2)CC1. The van der Waals surface area contributed by atoms with Crippen molar-refractivity contribution in [2.45, 2.75) is 19.8 Å². The van der Waals surface area contributed by atoms with Crippen LogP contribution >= 0.6 is 0 Å². The largest absolute Gasteiger partial charge is 0.378 e. The van der Waals surface area contributed by atoms with Crippen molar-refractivity contribution < 1.29 is 9.59 Å². The Labute approximate surface area is 173 Å². The molecular formula is C24H29N3O2. The molecule has 29 heavy (non-hydrogen) atoms. The maximum atomic E-state index is 13.2. The lowest BCUT2D eigenvalue weighted by Crippen LogP contribution is -2.42. The van der Waals surface area contributed by atoms with Gasteiger partial charge < -0.3 is 15.1 Å². The van der Waals surface area contributed by atoms with E-state index in [1.165, 1.54) is 0 Å². The van der Waals surface area contributed by atoms with Gasteiger partial charge in [0.15, 0.2) is 0 Å². The third-order valence-electron chi connectivity index (χ3n) is 5.31. The molecule has 2 aromatic carbocycles. The van der Waals surface area contributed by atoms with Crippen LogP contribution in [0.5, 0.6) is 0 Å². The standard InChI is InChI=1S/C24H29N3O2/c1-18-13-15-27(16-14-18)24(29)22(25-23(28)20-7-5-4-6-8-20)17-19-9-11-21(12-10-19)26(2)3/h4-12,17-18H,13-16H2,1-3H3,(H,25,28). The molecule has 1 fully saturated rings. The number of benzene rings is 2. The van der Waals surface area contributed by atoms with Gasteiger partial charge in [-0.25, -0.2) is 0 Å². The van der Waals surface area contributed by atoms with Gasteiger partial charge in [0.1, 0.15) is 5.70 Å². The Morgan fingerprint density at radius 1 is 1.00 bits per heavy atom. The molecule has 0 unspecified atom stereocenters. The van der Waals surface area contributed by atoms with Gasteiger partial charge in [0.25, 0.3) is 11.8 Å². The number of nitrogens with one attached hydrogen (secondary N) is 1. The molecule has 0 radical (unpaired) electrons. The Kier molecular flexibility index (Phi) is 6.70. The fourth-order valence-electron chi connectivity index (χ4n) is 3.35. The average Bonchev–Trinajstić information content (AvgIpc) is 2.74.